The van der Waals surface area contributed by atoms with Crippen LogP contribution in [0.5, 0.6) is 0 Å². The Kier molecular flexibility index (Phi) is 6.66. The van der Waals surface area contributed by atoms with Gasteiger partial charge in [0, 0.05) is 26.9 Å². The topological polar surface area (TPSA) is 56.8 Å². The fraction of sp³-hybridized carbons (Fsp3) is 0.562. The normalized spacial score (nSPS) is 17.3. The van der Waals surface area contributed by atoms with E-state index in [4.69, 9.17) is 14.2 Å². The molecule has 1 unspecified atom stereocenters. The van der Waals surface area contributed by atoms with Crippen LogP contribution >= 0.6 is 0 Å². The first-order valence-corrected chi connectivity index (χ1v) is 7.34. The second kappa shape index (κ2) is 8.77. The lowest BCUT2D eigenvalue weighted by Crippen LogP contribution is -2.43. The monoisotopic (exact) mass is 293 g/mol. The summed E-state index contributed by atoms with van der Waals surface area (Å²) in [5, 5.41) is 3.21. The van der Waals surface area contributed by atoms with Crippen molar-refractivity contribution in [2.75, 3.05) is 33.5 Å². The maximum atomic E-state index is 12.0. The van der Waals surface area contributed by atoms with E-state index in [-0.39, 0.29) is 12.0 Å². The van der Waals surface area contributed by atoms with Crippen molar-refractivity contribution >= 4 is 5.97 Å². The number of esters is 1. The fourth-order valence-electron chi connectivity index (χ4n) is 2.33. The summed E-state index contributed by atoms with van der Waals surface area (Å²) in [7, 11) is 1.66. The van der Waals surface area contributed by atoms with Gasteiger partial charge in [-0.15, -0.1) is 0 Å². The van der Waals surface area contributed by atoms with Crippen molar-refractivity contribution in [2.24, 2.45) is 0 Å². The van der Waals surface area contributed by atoms with Crippen LogP contribution in [0.3, 0.4) is 0 Å². The van der Waals surface area contributed by atoms with Gasteiger partial charge >= 0.3 is 5.97 Å². The average molecular weight is 293 g/mol. The van der Waals surface area contributed by atoms with Gasteiger partial charge in [-0.1, -0.05) is 24.3 Å². The maximum absolute atomic E-state index is 12.0. The lowest BCUT2D eigenvalue weighted by molar-refractivity contribution is -0.148. The molecule has 0 saturated heterocycles. The molecule has 1 aliphatic rings. The Labute approximate surface area is 125 Å². The van der Waals surface area contributed by atoms with Crippen molar-refractivity contribution in [1.82, 2.24) is 5.32 Å². The number of carbonyl (C=O) groups excluding carboxylic acids is 1. The van der Waals surface area contributed by atoms with Gasteiger partial charge in [0.05, 0.1) is 6.61 Å². The highest BCUT2D eigenvalue weighted by Gasteiger charge is 2.24. The van der Waals surface area contributed by atoms with Crippen LogP contribution < -0.4 is 5.32 Å². The van der Waals surface area contributed by atoms with E-state index in [0.717, 1.165) is 6.42 Å². The fourth-order valence-corrected chi connectivity index (χ4v) is 2.33. The molecule has 2 rings (SSSR count). The highest BCUT2D eigenvalue weighted by Crippen LogP contribution is 2.16. The smallest absolute Gasteiger partial charge is 0.323 e. The van der Waals surface area contributed by atoms with Crippen LogP contribution in [0.2, 0.25) is 0 Å². The molecule has 5 heteroatoms. The van der Waals surface area contributed by atoms with Crippen molar-refractivity contribution in [2.45, 2.75) is 25.4 Å². The third-order valence-corrected chi connectivity index (χ3v) is 3.47. The standard InChI is InChI=1S/C16H23NO4/c1-19-7-4-8-20-9-10-21-16(18)15-11-13-5-2-3-6-14(13)12-17-15/h2-3,5-6,15,17H,4,7-12H2,1H3. The van der Waals surface area contributed by atoms with Crippen LogP contribution in [0.1, 0.15) is 17.5 Å². The summed E-state index contributed by atoms with van der Waals surface area (Å²) in [4.78, 5) is 12.0. The quantitative estimate of drug-likeness (QED) is 0.578. The number of carbonyl (C=O) groups is 1. The first-order chi connectivity index (χ1) is 10.3. The lowest BCUT2D eigenvalue weighted by Gasteiger charge is -2.24. The Hall–Kier alpha value is -1.43. The number of hydrogen-bond acceptors (Lipinski definition) is 5. The van der Waals surface area contributed by atoms with Gasteiger partial charge in [0.15, 0.2) is 0 Å². The molecule has 21 heavy (non-hydrogen) atoms. The number of fused-ring (bicyclic) bond motifs is 1. The predicted molar refractivity (Wildman–Crippen MR) is 79.0 cm³/mol. The van der Waals surface area contributed by atoms with Crippen LogP contribution in [-0.4, -0.2) is 45.5 Å². The number of hydrogen-bond donors (Lipinski definition) is 1. The minimum atomic E-state index is -0.256. The highest BCUT2D eigenvalue weighted by atomic mass is 16.6. The Bertz CT molecular complexity index is 450. The molecule has 1 aromatic rings. The molecular weight excluding hydrogens is 270 g/mol. The van der Waals surface area contributed by atoms with Gasteiger partial charge in [0.2, 0.25) is 0 Å². The van der Waals surface area contributed by atoms with Gasteiger partial charge in [-0.2, -0.15) is 0 Å². The molecule has 0 aromatic heterocycles. The van der Waals surface area contributed by atoms with Crippen molar-refractivity contribution in [3.8, 4) is 0 Å². The first kappa shape index (κ1) is 15.9. The van der Waals surface area contributed by atoms with Crippen LogP contribution in [0.4, 0.5) is 0 Å². The SMILES string of the molecule is COCCCOCCOC(=O)C1Cc2ccccc2CN1. The highest BCUT2D eigenvalue weighted by molar-refractivity contribution is 5.76. The molecule has 0 radical (unpaired) electrons. The predicted octanol–water partition coefficient (Wildman–Crippen LogP) is 1.30. The largest absolute Gasteiger partial charge is 0.462 e. The molecule has 0 bridgehead atoms. The van der Waals surface area contributed by atoms with E-state index < -0.39 is 0 Å². The van der Waals surface area contributed by atoms with E-state index in [1.165, 1.54) is 11.1 Å². The summed E-state index contributed by atoms with van der Waals surface area (Å²) >= 11 is 0. The van der Waals surface area contributed by atoms with E-state index in [9.17, 15) is 4.79 Å². The maximum Gasteiger partial charge on any atom is 0.323 e. The second-order valence-corrected chi connectivity index (χ2v) is 5.03. The zero-order valence-corrected chi connectivity index (χ0v) is 12.5. The molecule has 0 fully saturated rings. The molecule has 0 aliphatic carbocycles. The molecule has 0 spiro atoms. The number of ether oxygens (including phenoxy) is 3. The van der Waals surface area contributed by atoms with Gasteiger partial charge < -0.3 is 19.5 Å². The van der Waals surface area contributed by atoms with Crippen molar-refractivity contribution in [3.05, 3.63) is 35.4 Å². The summed E-state index contributed by atoms with van der Waals surface area (Å²) in [6.07, 6.45) is 1.54. The first-order valence-electron chi connectivity index (χ1n) is 7.34. The average Bonchev–Trinajstić information content (AvgIpc) is 2.53. The van der Waals surface area contributed by atoms with E-state index in [1.807, 2.05) is 12.1 Å². The van der Waals surface area contributed by atoms with Gasteiger partial charge in [0.25, 0.3) is 0 Å². The van der Waals surface area contributed by atoms with Crippen molar-refractivity contribution in [1.29, 1.82) is 0 Å². The van der Waals surface area contributed by atoms with Gasteiger partial charge in [0.1, 0.15) is 12.6 Å². The van der Waals surface area contributed by atoms with E-state index >= 15 is 0 Å². The molecule has 1 heterocycles. The summed E-state index contributed by atoms with van der Waals surface area (Å²) in [6, 6.07) is 7.90. The second-order valence-electron chi connectivity index (χ2n) is 5.03. The molecule has 0 saturated carbocycles. The minimum Gasteiger partial charge on any atom is -0.462 e. The van der Waals surface area contributed by atoms with Gasteiger partial charge in [-0.3, -0.25) is 4.79 Å². The number of methoxy groups -OCH3 is 1. The van der Waals surface area contributed by atoms with E-state index in [0.29, 0.717) is 39.4 Å². The van der Waals surface area contributed by atoms with E-state index in [2.05, 4.69) is 17.4 Å². The third kappa shape index (κ3) is 5.12. The summed E-state index contributed by atoms with van der Waals surface area (Å²) in [5.41, 5.74) is 2.47. The van der Waals surface area contributed by atoms with Gasteiger partial charge in [-0.05, 0) is 24.0 Å². The number of rotatable bonds is 8. The zero-order valence-electron chi connectivity index (χ0n) is 12.5. The number of nitrogens with one attached hydrogen (secondary N) is 1. The lowest BCUT2D eigenvalue weighted by atomic mass is 9.96. The zero-order chi connectivity index (χ0) is 14.9. The molecule has 1 aromatic carbocycles. The van der Waals surface area contributed by atoms with Crippen LogP contribution in [-0.2, 0) is 32.0 Å². The minimum absolute atomic E-state index is 0.204. The number of benzene rings is 1. The molecule has 116 valence electrons. The third-order valence-electron chi connectivity index (χ3n) is 3.47. The molecule has 0 amide bonds. The Morgan fingerprint density at radius 3 is 2.81 bits per heavy atom. The summed E-state index contributed by atoms with van der Waals surface area (Å²) in [5.74, 6) is -0.204. The Balaban J connectivity index is 1.64. The Morgan fingerprint density at radius 1 is 1.19 bits per heavy atom. The van der Waals surface area contributed by atoms with Crippen LogP contribution in [0, 0.1) is 0 Å². The van der Waals surface area contributed by atoms with Crippen LogP contribution in [0.15, 0.2) is 24.3 Å². The summed E-state index contributed by atoms with van der Waals surface area (Å²) in [6.45, 7) is 2.75. The summed E-state index contributed by atoms with van der Waals surface area (Å²) < 4.78 is 15.5. The van der Waals surface area contributed by atoms with Gasteiger partial charge in [-0.25, -0.2) is 0 Å². The Morgan fingerprint density at radius 2 is 2.00 bits per heavy atom. The van der Waals surface area contributed by atoms with E-state index in [1.54, 1.807) is 7.11 Å². The molecule has 5 nitrogen and oxygen atoms in total. The van der Waals surface area contributed by atoms with Crippen molar-refractivity contribution < 1.29 is 19.0 Å². The molecule has 1 N–H and O–H groups in total. The molecular formula is C16H23NO4. The van der Waals surface area contributed by atoms with Crippen molar-refractivity contribution in [3.63, 3.8) is 0 Å². The van der Waals surface area contributed by atoms with Crippen LogP contribution in [0.25, 0.3) is 0 Å². The molecule has 1 atom stereocenters. The molecule has 1 aliphatic heterocycles.